The molecule has 1 rings (SSSR count). The van der Waals surface area contributed by atoms with Gasteiger partial charge in [0, 0.05) is 14.8 Å². The van der Waals surface area contributed by atoms with Gasteiger partial charge in [-0.1, -0.05) is 36.7 Å². The quantitative estimate of drug-likeness (QED) is 0.483. The molecule has 0 aliphatic rings. The molecule has 0 saturated heterocycles. The van der Waals surface area contributed by atoms with E-state index in [9.17, 15) is 8.42 Å². The number of benzene rings is 1. The van der Waals surface area contributed by atoms with Crippen molar-refractivity contribution in [2.75, 3.05) is 6.61 Å². The minimum atomic E-state index is -3.67. The fourth-order valence-electron chi connectivity index (χ4n) is 1.21. The Balaban J connectivity index is 2.60. The highest BCUT2D eigenvalue weighted by atomic mass is 32.2. The molecule has 98 valence electrons. The molecule has 0 aliphatic carbocycles. The average Bonchev–Trinajstić information content (AvgIpc) is 2.28. The molecular weight excluding hydrogens is 264 g/mol. The topological polar surface area (TPSA) is 43.4 Å². The first-order valence-corrected chi connectivity index (χ1v) is 10.4. The van der Waals surface area contributed by atoms with Crippen molar-refractivity contribution in [2.24, 2.45) is 0 Å². The van der Waals surface area contributed by atoms with Gasteiger partial charge in [-0.15, -0.1) is 5.92 Å². The summed E-state index contributed by atoms with van der Waals surface area (Å²) in [6.45, 7) is 6.22. The maximum Gasteiger partial charge on any atom is 0.297 e. The lowest BCUT2D eigenvalue weighted by Gasteiger charge is -2.02. The third kappa shape index (κ3) is 5.04. The second-order valence-electron chi connectivity index (χ2n) is 4.48. The van der Waals surface area contributed by atoms with Crippen molar-refractivity contribution in [3.8, 4) is 11.8 Å². The van der Waals surface area contributed by atoms with E-state index in [-0.39, 0.29) is 11.5 Å². The van der Waals surface area contributed by atoms with Crippen LogP contribution in [0, 0.1) is 18.8 Å². The van der Waals surface area contributed by atoms with Gasteiger partial charge in [-0.3, -0.25) is 4.18 Å². The summed E-state index contributed by atoms with van der Waals surface area (Å²) in [6.07, 6.45) is 0. The molecule has 3 nitrogen and oxygen atoms in total. The maximum atomic E-state index is 11.8. The molecule has 0 unspecified atom stereocenters. The van der Waals surface area contributed by atoms with E-state index in [0.717, 1.165) is 11.6 Å². The highest BCUT2D eigenvalue weighted by Gasteiger charge is 2.13. The Morgan fingerprint density at radius 3 is 2.33 bits per heavy atom. The summed E-state index contributed by atoms with van der Waals surface area (Å²) < 4.78 is 28.4. The normalized spacial score (nSPS) is 11.1. The average molecular weight is 282 g/mol. The first-order valence-electron chi connectivity index (χ1n) is 5.83. The lowest BCUT2D eigenvalue weighted by Crippen LogP contribution is -2.06. The third-order valence-corrected chi connectivity index (χ3v) is 4.53. The standard InChI is InChI=1S/C13H18O3SSi/c1-12-6-8-13(9-7-12)17(14,15)16-10-4-5-11-18(2)3/h6-9,18H,10-11H2,1-3H3. The summed E-state index contributed by atoms with van der Waals surface area (Å²) in [5, 5.41) is 0. The molecular formula is C13H18O3SSi. The molecule has 0 saturated carbocycles. The maximum absolute atomic E-state index is 11.8. The molecule has 0 fully saturated rings. The van der Waals surface area contributed by atoms with Gasteiger partial charge < -0.3 is 0 Å². The summed E-state index contributed by atoms with van der Waals surface area (Å²) in [6, 6.07) is 7.45. The number of aryl methyl sites for hydroxylation is 1. The Hall–Kier alpha value is -1.09. The summed E-state index contributed by atoms with van der Waals surface area (Å²) in [7, 11) is -4.37. The van der Waals surface area contributed by atoms with Crippen molar-refractivity contribution in [3.63, 3.8) is 0 Å². The van der Waals surface area contributed by atoms with Gasteiger partial charge in [0.15, 0.2) is 0 Å². The van der Waals surface area contributed by atoms with Crippen molar-refractivity contribution in [1.29, 1.82) is 0 Å². The SMILES string of the molecule is Cc1ccc(S(=O)(=O)OCC#CC[SiH](C)C)cc1. The lowest BCUT2D eigenvalue weighted by molar-refractivity contribution is 0.363. The van der Waals surface area contributed by atoms with Crippen LogP contribution in [0.15, 0.2) is 29.2 Å². The number of hydrogen-bond acceptors (Lipinski definition) is 3. The van der Waals surface area contributed by atoms with Gasteiger partial charge in [0.1, 0.15) is 6.61 Å². The van der Waals surface area contributed by atoms with Gasteiger partial charge in [0.2, 0.25) is 0 Å². The Morgan fingerprint density at radius 2 is 1.78 bits per heavy atom. The molecule has 0 heterocycles. The molecule has 0 amide bonds. The van der Waals surface area contributed by atoms with E-state index in [0.29, 0.717) is 0 Å². The van der Waals surface area contributed by atoms with Crippen LogP contribution in [0.3, 0.4) is 0 Å². The molecule has 0 aromatic heterocycles. The summed E-state index contributed by atoms with van der Waals surface area (Å²) in [4.78, 5) is 0.174. The van der Waals surface area contributed by atoms with Crippen molar-refractivity contribution >= 4 is 18.9 Å². The van der Waals surface area contributed by atoms with E-state index < -0.39 is 18.9 Å². The van der Waals surface area contributed by atoms with Crippen LogP contribution < -0.4 is 0 Å². The second-order valence-corrected chi connectivity index (χ2v) is 9.29. The van der Waals surface area contributed by atoms with Gasteiger partial charge in [0.25, 0.3) is 10.1 Å². The van der Waals surface area contributed by atoms with Crippen molar-refractivity contribution < 1.29 is 12.6 Å². The van der Waals surface area contributed by atoms with Gasteiger partial charge in [0.05, 0.1) is 4.90 Å². The molecule has 1 aromatic rings. The van der Waals surface area contributed by atoms with E-state index in [1.807, 2.05) is 6.92 Å². The largest absolute Gasteiger partial charge is 0.297 e. The van der Waals surface area contributed by atoms with Gasteiger partial charge >= 0.3 is 0 Å². The predicted octanol–water partition coefficient (Wildman–Crippen LogP) is 2.19. The van der Waals surface area contributed by atoms with Crippen LogP contribution in [0.4, 0.5) is 0 Å². The van der Waals surface area contributed by atoms with Crippen LogP contribution >= 0.6 is 0 Å². The second kappa shape index (κ2) is 6.74. The zero-order valence-electron chi connectivity index (χ0n) is 10.9. The lowest BCUT2D eigenvalue weighted by atomic mass is 10.2. The molecule has 18 heavy (non-hydrogen) atoms. The van der Waals surface area contributed by atoms with E-state index in [1.54, 1.807) is 24.3 Å². The van der Waals surface area contributed by atoms with E-state index >= 15 is 0 Å². The zero-order chi connectivity index (χ0) is 13.6. The van der Waals surface area contributed by atoms with Crippen molar-refractivity contribution in [3.05, 3.63) is 29.8 Å². The highest BCUT2D eigenvalue weighted by molar-refractivity contribution is 7.86. The first-order chi connectivity index (χ1) is 8.42. The van der Waals surface area contributed by atoms with Crippen LogP contribution in [0.25, 0.3) is 0 Å². The first kappa shape index (κ1) is 15.0. The van der Waals surface area contributed by atoms with Gasteiger partial charge in [-0.25, -0.2) is 0 Å². The fourth-order valence-corrected chi connectivity index (χ4v) is 2.58. The monoisotopic (exact) mass is 282 g/mol. The van der Waals surface area contributed by atoms with Crippen LogP contribution in [0.2, 0.25) is 19.1 Å². The molecule has 0 radical (unpaired) electrons. The van der Waals surface area contributed by atoms with Crippen LogP contribution in [0.5, 0.6) is 0 Å². The molecule has 1 aromatic carbocycles. The Morgan fingerprint density at radius 1 is 1.17 bits per heavy atom. The zero-order valence-corrected chi connectivity index (χ0v) is 12.9. The third-order valence-electron chi connectivity index (χ3n) is 2.23. The van der Waals surface area contributed by atoms with Gasteiger partial charge in [-0.2, -0.15) is 8.42 Å². The molecule has 0 bridgehead atoms. The van der Waals surface area contributed by atoms with Gasteiger partial charge in [-0.05, 0) is 19.1 Å². The number of rotatable bonds is 4. The van der Waals surface area contributed by atoms with E-state index in [1.165, 1.54) is 0 Å². The Bertz CT molecular complexity index is 536. The Labute approximate surface area is 111 Å². The van der Waals surface area contributed by atoms with E-state index in [2.05, 4.69) is 24.9 Å². The molecule has 0 aliphatic heterocycles. The minimum Gasteiger partial charge on any atom is -0.253 e. The predicted molar refractivity (Wildman–Crippen MR) is 75.8 cm³/mol. The summed E-state index contributed by atoms with van der Waals surface area (Å²) in [5.74, 6) is 5.68. The number of hydrogen-bond donors (Lipinski definition) is 0. The fraction of sp³-hybridized carbons (Fsp3) is 0.385. The van der Waals surface area contributed by atoms with Crippen molar-refractivity contribution in [2.45, 2.75) is 31.0 Å². The molecule has 0 spiro atoms. The van der Waals surface area contributed by atoms with Crippen molar-refractivity contribution in [1.82, 2.24) is 0 Å². The molecule has 0 N–H and O–H groups in total. The van der Waals surface area contributed by atoms with Crippen LogP contribution in [-0.2, 0) is 14.3 Å². The van der Waals surface area contributed by atoms with Crippen LogP contribution in [0.1, 0.15) is 5.56 Å². The van der Waals surface area contributed by atoms with E-state index in [4.69, 9.17) is 4.18 Å². The minimum absolute atomic E-state index is 0.0721. The molecule has 5 heteroatoms. The molecule has 0 atom stereocenters. The summed E-state index contributed by atoms with van der Waals surface area (Å²) in [5.41, 5.74) is 1.01. The highest BCUT2D eigenvalue weighted by Crippen LogP contribution is 2.12. The van der Waals surface area contributed by atoms with Crippen LogP contribution in [-0.4, -0.2) is 23.8 Å². The Kier molecular flexibility index (Phi) is 5.60. The smallest absolute Gasteiger partial charge is 0.253 e. The summed E-state index contributed by atoms with van der Waals surface area (Å²) >= 11 is 0.